The van der Waals surface area contributed by atoms with Crippen molar-refractivity contribution in [3.8, 4) is 11.5 Å². The van der Waals surface area contributed by atoms with Gasteiger partial charge in [0.25, 0.3) is 0 Å². The van der Waals surface area contributed by atoms with Crippen molar-refractivity contribution in [1.29, 1.82) is 0 Å². The molecule has 118 valence electrons. The lowest BCUT2D eigenvalue weighted by Gasteiger charge is -2.09. The zero-order chi connectivity index (χ0) is 16.8. The molecule has 0 spiro atoms. The highest BCUT2D eigenvalue weighted by molar-refractivity contribution is 6.04. The molecule has 0 heterocycles. The molecular formula is C20H14O4. The summed E-state index contributed by atoms with van der Waals surface area (Å²) < 4.78 is 10.6. The third-order valence-corrected chi connectivity index (χ3v) is 3.27. The summed E-state index contributed by atoms with van der Waals surface area (Å²) in [5.74, 6) is -0.397. The molecule has 0 saturated carbocycles. The molecule has 0 aliphatic carbocycles. The fraction of sp³-hybridized carbons (Fsp3) is 0. The molecule has 0 aliphatic heterocycles. The molecule has 4 heteroatoms. The summed E-state index contributed by atoms with van der Waals surface area (Å²) in [6.45, 7) is 0. The third kappa shape index (κ3) is 3.67. The van der Waals surface area contributed by atoms with Crippen LogP contribution in [0.4, 0.5) is 0 Å². The van der Waals surface area contributed by atoms with E-state index in [9.17, 15) is 9.59 Å². The molecular weight excluding hydrogens is 308 g/mol. The first-order valence-electron chi connectivity index (χ1n) is 7.37. The molecule has 0 radical (unpaired) electrons. The minimum Gasteiger partial charge on any atom is -0.423 e. The first kappa shape index (κ1) is 15.5. The number of carbonyl (C=O) groups is 2. The van der Waals surface area contributed by atoms with Crippen molar-refractivity contribution in [2.75, 3.05) is 0 Å². The molecule has 3 aromatic rings. The van der Waals surface area contributed by atoms with Crippen LogP contribution in [0.5, 0.6) is 11.5 Å². The summed E-state index contributed by atoms with van der Waals surface area (Å²) in [6.07, 6.45) is 0. The molecule has 0 aliphatic rings. The highest BCUT2D eigenvalue weighted by Crippen LogP contribution is 2.17. The van der Waals surface area contributed by atoms with E-state index in [1.165, 1.54) is 12.1 Å². The molecule has 0 saturated heterocycles. The lowest BCUT2D eigenvalue weighted by molar-refractivity contribution is 0.0692. The summed E-state index contributed by atoms with van der Waals surface area (Å²) in [4.78, 5) is 24.7. The summed E-state index contributed by atoms with van der Waals surface area (Å²) in [5, 5.41) is 0. The Morgan fingerprint density at radius 1 is 0.750 bits per heavy atom. The highest BCUT2D eigenvalue weighted by atomic mass is 18.4. The van der Waals surface area contributed by atoms with Crippen LogP contribution in [0.3, 0.4) is 0 Å². The van der Waals surface area contributed by atoms with Crippen LogP contribution in [-0.2, 0) is 0 Å². The molecule has 0 fully saturated rings. The Bertz CT molecular complexity index is 769. The van der Waals surface area contributed by atoms with Gasteiger partial charge in [-0.05, 0) is 36.4 Å². The molecule has 0 amide bonds. The smallest absolute Gasteiger partial charge is 0.344 e. The average molecular weight is 322 g/mol. The Labute approximate surface area is 139 Å². The Morgan fingerprint density at radius 3 is 1.96 bits per heavy atom. The lowest BCUT2D eigenvalue weighted by atomic mass is 10.1. The van der Waals surface area contributed by atoms with Gasteiger partial charge in [-0.15, -0.1) is 0 Å². The van der Waals surface area contributed by atoms with Crippen LogP contribution < -0.4 is 9.47 Å². The number of hydrogen-bond donors (Lipinski definition) is 0. The van der Waals surface area contributed by atoms with Crippen molar-refractivity contribution in [1.82, 2.24) is 0 Å². The van der Waals surface area contributed by atoms with E-state index in [-0.39, 0.29) is 11.1 Å². The van der Waals surface area contributed by atoms with Gasteiger partial charge in [-0.3, -0.25) is 0 Å². The van der Waals surface area contributed by atoms with Crippen molar-refractivity contribution < 1.29 is 19.1 Å². The monoisotopic (exact) mass is 322 g/mol. The maximum Gasteiger partial charge on any atom is 0.344 e. The second-order valence-corrected chi connectivity index (χ2v) is 4.95. The van der Waals surface area contributed by atoms with Gasteiger partial charge in [0.1, 0.15) is 11.5 Å². The van der Waals surface area contributed by atoms with E-state index in [2.05, 4.69) is 0 Å². The average Bonchev–Trinajstić information content (AvgIpc) is 2.63. The number of para-hydroxylation sites is 2. The zero-order valence-corrected chi connectivity index (χ0v) is 12.7. The van der Waals surface area contributed by atoms with Crippen LogP contribution in [-0.4, -0.2) is 11.9 Å². The van der Waals surface area contributed by atoms with E-state index in [1.807, 2.05) is 12.1 Å². The maximum absolute atomic E-state index is 12.4. The molecule has 0 bridgehead atoms. The lowest BCUT2D eigenvalue weighted by Crippen LogP contribution is -2.17. The van der Waals surface area contributed by atoms with Crippen molar-refractivity contribution in [3.63, 3.8) is 0 Å². The summed E-state index contributed by atoms with van der Waals surface area (Å²) in [5.41, 5.74) is 0.310. The van der Waals surface area contributed by atoms with E-state index in [0.717, 1.165) is 0 Å². The van der Waals surface area contributed by atoms with Gasteiger partial charge in [-0.2, -0.15) is 0 Å². The molecule has 0 aromatic heterocycles. The SMILES string of the molecule is O=C(Oc1ccccc1)c1ccccc1C(=[18O])[18O]c1ccccc1. The van der Waals surface area contributed by atoms with Crippen LogP contribution in [0, 0.1) is 0 Å². The Hall–Kier alpha value is -3.40. The predicted octanol–water partition coefficient (Wildman–Crippen LogP) is 4.13. The quantitative estimate of drug-likeness (QED) is 0.412. The van der Waals surface area contributed by atoms with E-state index in [0.29, 0.717) is 11.5 Å². The number of hydrogen-bond acceptors (Lipinski definition) is 4. The fourth-order valence-electron chi connectivity index (χ4n) is 2.14. The Morgan fingerprint density at radius 2 is 1.29 bits per heavy atom. The fourth-order valence-corrected chi connectivity index (χ4v) is 2.14. The molecule has 3 rings (SSSR count). The van der Waals surface area contributed by atoms with E-state index in [1.54, 1.807) is 60.7 Å². The summed E-state index contributed by atoms with van der Waals surface area (Å²) >= 11 is 0. The summed E-state index contributed by atoms with van der Waals surface area (Å²) in [6, 6.07) is 23.8. The molecule has 24 heavy (non-hydrogen) atoms. The second-order valence-electron chi connectivity index (χ2n) is 4.95. The molecule has 0 atom stereocenters. The van der Waals surface area contributed by atoms with Gasteiger partial charge in [0.05, 0.1) is 11.1 Å². The summed E-state index contributed by atoms with van der Waals surface area (Å²) in [7, 11) is 0. The number of rotatable bonds is 4. The molecule has 4 nitrogen and oxygen atoms in total. The number of esters is 2. The van der Waals surface area contributed by atoms with E-state index >= 15 is 0 Å². The number of carbonyl (C=O) groups excluding carboxylic acids is 2. The minimum absolute atomic E-state index is 0.155. The largest absolute Gasteiger partial charge is 0.423 e. The third-order valence-electron chi connectivity index (χ3n) is 3.27. The predicted molar refractivity (Wildman–Crippen MR) is 89.2 cm³/mol. The number of benzene rings is 3. The molecule has 0 unspecified atom stereocenters. The number of ether oxygens (including phenoxy) is 2. The van der Waals surface area contributed by atoms with Gasteiger partial charge in [-0.1, -0.05) is 48.5 Å². The highest BCUT2D eigenvalue weighted by Gasteiger charge is 2.20. The second kappa shape index (κ2) is 7.24. The van der Waals surface area contributed by atoms with Crippen LogP contribution in [0.15, 0.2) is 84.9 Å². The van der Waals surface area contributed by atoms with Gasteiger partial charge in [0.2, 0.25) is 0 Å². The van der Waals surface area contributed by atoms with Gasteiger partial charge in [0.15, 0.2) is 0 Å². The zero-order valence-electron chi connectivity index (χ0n) is 12.7. The van der Waals surface area contributed by atoms with Crippen molar-refractivity contribution in [3.05, 3.63) is 96.1 Å². The standard InChI is InChI=1S/C20H14O4/c21-19(23-15-9-3-1-4-10-15)17-13-7-8-14-18(17)20(22)24-16-11-5-2-6-12-16/h1-14H/i21+2,23+2. The Kier molecular flexibility index (Phi) is 4.68. The first-order chi connectivity index (χ1) is 11.7. The van der Waals surface area contributed by atoms with Crippen molar-refractivity contribution in [2.24, 2.45) is 0 Å². The van der Waals surface area contributed by atoms with E-state index < -0.39 is 11.9 Å². The topological polar surface area (TPSA) is 52.6 Å². The van der Waals surface area contributed by atoms with Gasteiger partial charge in [-0.25, -0.2) is 9.59 Å². The van der Waals surface area contributed by atoms with Gasteiger partial charge in [0, 0.05) is 0 Å². The van der Waals surface area contributed by atoms with Crippen LogP contribution >= 0.6 is 0 Å². The van der Waals surface area contributed by atoms with Gasteiger partial charge < -0.3 is 9.47 Å². The van der Waals surface area contributed by atoms with Crippen LogP contribution in [0.25, 0.3) is 0 Å². The first-order valence-corrected chi connectivity index (χ1v) is 7.37. The van der Waals surface area contributed by atoms with E-state index in [4.69, 9.17) is 9.47 Å². The minimum atomic E-state index is -0.609. The van der Waals surface area contributed by atoms with Crippen LogP contribution in [0.1, 0.15) is 20.7 Å². The Balaban J connectivity index is 1.82. The maximum atomic E-state index is 12.4. The van der Waals surface area contributed by atoms with Crippen molar-refractivity contribution in [2.45, 2.75) is 0 Å². The molecule has 0 N–H and O–H groups in total. The van der Waals surface area contributed by atoms with Crippen molar-refractivity contribution >= 4 is 11.9 Å². The van der Waals surface area contributed by atoms with Gasteiger partial charge >= 0.3 is 11.9 Å². The van der Waals surface area contributed by atoms with Crippen LogP contribution in [0.2, 0.25) is 0 Å². The molecule has 3 aromatic carbocycles. The normalized spacial score (nSPS) is 10.0.